The Hall–Kier alpha value is -8.98. The molecule has 2 aliphatic rings. The lowest BCUT2D eigenvalue weighted by molar-refractivity contribution is 0.668. The highest BCUT2D eigenvalue weighted by molar-refractivity contribution is 6.15. The minimum absolute atomic E-state index is 0.614. The minimum atomic E-state index is -0.614. The zero-order valence-corrected chi connectivity index (χ0v) is 37.7. The van der Waals surface area contributed by atoms with E-state index in [0.717, 1.165) is 50.1 Å². The van der Waals surface area contributed by atoms with Gasteiger partial charge in [0, 0.05) is 33.4 Å². The maximum absolute atomic E-state index is 7.14. The highest BCUT2D eigenvalue weighted by Gasteiger charge is 2.53. The third-order valence-electron chi connectivity index (χ3n) is 14.7. The number of furan rings is 1. The second-order valence-electron chi connectivity index (χ2n) is 18.3. The summed E-state index contributed by atoms with van der Waals surface area (Å²) in [6.45, 7) is 0. The van der Waals surface area contributed by atoms with Crippen molar-refractivity contribution in [3.8, 4) is 66.8 Å². The normalized spacial score (nSPS) is 14.1. The van der Waals surface area contributed by atoms with Crippen molar-refractivity contribution in [3.63, 3.8) is 0 Å². The summed E-state index contributed by atoms with van der Waals surface area (Å²) in [5.41, 5.74) is 24.0. The van der Waals surface area contributed by atoms with Gasteiger partial charge < -0.3 is 9.32 Å². The summed E-state index contributed by atoms with van der Waals surface area (Å²) in [7, 11) is 0. The van der Waals surface area contributed by atoms with Gasteiger partial charge in [-0.3, -0.25) is 0 Å². The second-order valence-corrected chi connectivity index (χ2v) is 18.3. The zero-order valence-electron chi connectivity index (χ0n) is 37.7. The molecule has 2 heteroatoms. The lowest BCUT2D eigenvalue weighted by Gasteiger charge is -2.32. The first-order chi connectivity index (χ1) is 34.2. The molecule has 1 spiro atoms. The van der Waals surface area contributed by atoms with Gasteiger partial charge in [-0.2, -0.15) is 0 Å². The van der Waals surface area contributed by atoms with Crippen LogP contribution in [0.15, 0.2) is 265 Å². The van der Waals surface area contributed by atoms with E-state index < -0.39 is 5.41 Å². The molecule has 0 saturated carbocycles. The molecule has 0 fully saturated rings. The number of hydrogen-bond acceptors (Lipinski definition) is 2. The number of anilines is 3. The minimum Gasteiger partial charge on any atom is -0.455 e. The van der Waals surface area contributed by atoms with Crippen LogP contribution in [0.2, 0.25) is 0 Å². The Balaban J connectivity index is 1.00. The Kier molecular flexibility index (Phi) is 8.84. The van der Waals surface area contributed by atoms with Crippen LogP contribution in [0.4, 0.5) is 17.1 Å². The van der Waals surface area contributed by atoms with Crippen molar-refractivity contribution in [1.29, 1.82) is 0 Å². The highest BCUT2D eigenvalue weighted by atomic mass is 16.3. The van der Waals surface area contributed by atoms with Crippen molar-refractivity contribution in [1.82, 2.24) is 0 Å². The van der Waals surface area contributed by atoms with Crippen molar-refractivity contribution in [2.24, 2.45) is 0 Å². The van der Waals surface area contributed by atoms with E-state index in [0.29, 0.717) is 0 Å². The Bertz CT molecular complexity index is 3830. The molecule has 0 amide bonds. The molecule has 2 aliphatic carbocycles. The Morgan fingerprint density at radius 3 is 1.28 bits per heavy atom. The maximum Gasteiger partial charge on any atom is 0.143 e. The van der Waals surface area contributed by atoms with E-state index in [-0.39, 0.29) is 0 Å². The predicted octanol–water partition coefficient (Wildman–Crippen LogP) is 18.1. The summed E-state index contributed by atoms with van der Waals surface area (Å²) in [6, 6.07) is 95.3. The standard InChI is InChI=1S/C67H43NO/c1-4-16-44(17-5-1)47-28-35-51(36-29-47)68(52-37-30-48(31-38-52)45-18-6-2-7-19-45)53-39-32-49(33-40-53)64-65-58(43-59-57-24-12-15-27-63(57)69-66(59)64)55-23-11-14-26-61(55)67(65)60-25-13-10-22-54(60)56-41-34-50(42-62(56)67)46-20-8-3-9-21-46/h1-43H. The third-order valence-corrected chi connectivity index (χ3v) is 14.7. The van der Waals surface area contributed by atoms with E-state index in [4.69, 9.17) is 4.42 Å². The van der Waals surface area contributed by atoms with Gasteiger partial charge in [0.1, 0.15) is 11.2 Å². The molecule has 1 heterocycles. The van der Waals surface area contributed by atoms with Crippen LogP contribution in [-0.4, -0.2) is 0 Å². The summed E-state index contributed by atoms with van der Waals surface area (Å²) in [5, 5.41) is 2.24. The van der Waals surface area contributed by atoms with E-state index in [2.05, 4.69) is 266 Å². The van der Waals surface area contributed by atoms with Gasteiger partial charge in [0.15, 0.2) is 0 Å². The number of hydrogen-bond donors (Lipinski definition) is 0. The third kappa shape index (κ3) is 5.99. The van der Waals surface area contributed by atoms with Crippen LogP contribution >= 0.6 is 0 Å². The molecule has 0 N–H and O–H groups in total. The van der Waals surface area contributed by atoms with Gasteiger partial charge in [-0.15, -0.1) is 0 Å². The molecule has 1 aromatic heterocycles. The monoisotopic (exact) mass is 877 g/mol. The Morgan fingerprint density at radius 2 is 0.710 bits per heavy atom. The summed E-state index contributed by atoms with van der Waals surface area (Å²) in [4.78, 5) is 2.37. The van der Waals surface area contributed by atoms with Gasteiger partial charge >= 0.3 is 0 Å². The second kappa shape index (κ2) is 15.6. The van der Waals surface area contributed by atoms with Gasteiger partial charge in [-0.25, -0.2) is 0 Å². The highest BCUT2D eigenvalue weighted by Crippen LogP contribution is 2.66. The Morgan fingerprint density at radius 1 is 0.290 bits per heavy atom. The molecule has 14 rings (SSSR count). The molecule has 2 nitrogen and oxygen atoms in total. The fourth-order valence-electron chi connectivity index (χ4n) is 11.7. The van der Waals surface area contributed by atoms with Crippen molar-refractivity contribution >= 4 is 39.0 Å². The van der Waals surface area contributed by atoms with Gasteiger partial charge in [-0.1, -0.05) is 206 Å². The van der Waals surface area contributed by atoms with Gasteiger partial charge in [0.2, 0.25) is 0 Å². The van der Waals surface area contributed by atoms with E-state index in [1.165, 1.54) is 77.9 Å². The molecule has 69 heavy (non-hydrogen) atoms. The van der Waals surface area contributed by atoms with E-state index >= 15 is 0 Å². The fraction of sp³-hybridized carbons (Fsp3) is 0.0149. The van der Waals surface area contributed by atoms with Crippen molar-refractivity contribution < 1.29 is 4.42 Å². The molecule has 0 saturated heterocycles. The number of para-hydroxylation sites is 1. The summed E-state index contributed by atoms with van der Waals surface area (Å²) >= 11 is 0. The van der Waals surface area contributed by atoms with Crippen molar-refractivity contribution in [3.05, 3.63) is 283 Å². The van der Waals surface area contributed by atoms with Crippen LogP contribution in [0, 0.1) is 0 Å². The largest absolute Gasteiger partial charge is 0.455 e. The average Bonchev–Trinajstić information content (AvgIpc) is 4.05. The summed E-state index contributed by atoms with van der Waals surface area (Å²) in [6.07, 6.45) is 0. The summed E-state index contributed by atoms with van der Waals surface area (Å²) < 4.78 is 7.14. The van der Waals surface area contributed by atoms with Crippen LogP contribution in [0.1, 0.15) is 22.3 Å². The molecule has 1 unspecified atom stereocenters. The van der Waals surface area contributed by atoms with E-state index in [1.807, 2.05) is 0 Å². The quantitative estimate of drug-likeness (QED) is 0.159. The van der Waals surface area contributed by atoms with Crippen molar-refractivity contribution in [2.45, 2.75) is 5.41 Å². The molecule has 0 bridgehead atoms. The number of fused-ring (bicyclic) bond motifs is 13. The first-order valence-corrected chi connectivity index (χ1v) is 23.8. The van der Waals surface area contributed by atoms with Crippen LogP contribution in [0.25, 0.3) is 88.7 Å². The molecular formula is C67H43NO. The smallest absolute Gasteiger partial charge is 0.143 e. The van der Waals surface area contributed by atoms with Crippen LogP contribution in [0.5, 0.6) is 0 Å². The average molecular weight is 878 g/mol. The predicted molar refractivity (Wildman–Crippen MR) is 286 cm³/mol. The van der Waals surface area contributed by atoms with Gasteiger partial charge in [-0.05, 0) is 138 Å². The number of nitrogens with zero attached hydrogens (tertiary/aromatic N) is 1. The van der Waals surface area contributed by atoms with Crippen molar-refractivity contribution in [2.75, 3.05) is 4.90 Å². The van der Waals surface area contributed by atoms with Crippen LogP contribution in [-0.2, 0) is 5.41 Å². The van der Waals surface area contributed by atoms with Gasteiger partial charge in [0.05, 0.1) is 5.41 Å². The number of benzene rings is 11. The van der Waals surface area contributed by atoms with E-state index in [9.17, 15) is 0 Å². The topological polar surface area (TPSA) is 16.4 Å². The maximum atomic E-state index is 7.14. The van der Waals surface area contributed by atoms with E-state index in [1.54, 1.807) is 0 Å². The molecule has 12 aromatic rings. The Labute approximate surface area is 401 Å². The molecule has 1 atom stereocenters. The first kappa shape index (κ1) is 39.2. The lowest BCUT2D eigenvalue weighted by Crippen LogP contribution is -2.26. The van der Waals surface area contributed by atoms with Gasteiger partial charge in [0.25, 0.3) is 0 Å². The molecule has 0 radical (unpaired) electrons. The lowest BCUT2D eigenvalue weighted by atomic mass is 9.68. The SMILES string of the molecule is c1ccc(-c2ccc(N(c3ccc(-c4ccccc4)cc3)c3ccc(-c4c5c(cc6c4oc4ccccc46)-c4ccccc4C54c5ccccc5-c5ccc(-c6ccccc6)cc54)cc3)cc2)cc1. The molecule has 11 aromatic carbocycles. The first-order valence-electron chi connectivity index (χ1n) is 23.8. The van der Waals surface area contributed by atoms with Crippen LogP contribution in [0.3, 0.4) is 0 Å². The number of rotatable bonds is 7. The fourth-order valence-corrected chi connectivity index (χ4v) is 11.7. The molecule has 322 valence electrons. The molecule has 0 aliphatic heterocycles. The molecular weight excluding hydrogens is 835 g/mol. The van der Waals surface area contributed by atoms with Crippen LogP contribution < -0.4 is 4.90 Å². The zero-order chi connectivity index (χ0) is 45.5. The summed E-state index contributed by atoms with van der Waals surface area (Å²) in [5.74, 6) is 0.